The molecule has 1 N–H and O–H groups in total. The predicted molar refractivity (Wildman–Crippen MR) is 104 cm³/mol. The van der Waals surface area contributed by atoms with E-state index in [1.807, 2.05) is 42.5 Å². The Hall–Kier alpha value is -3.32. The Morgan fingerprint density at radius 2 is 0.920 bits per heavy atom. The van der Waals surface area contributed by atoms with Crippen molar-refractivity contribution in [3.63, 3.8) is 0 Å². The third-order valence-corrected chi connectivity index (χ3v) is 4.41. The lowest BCUT2D eigenvalue weighted by atomic mass is 9.87. The van der Waals surface area contributed by atoms with Crippen molar-refractivity contribution in [3.05, 3.63) is 103 Å². The van der Waals surface area contributed by atoms with Crippen molar-refractivity contribution < 1.29 is 5.11 Å². The quantitative estimate of drug-likeness (QED) is 0.463. The summed E-state index contributed by atoms with van der Waals surface area (Å²) in [5.41, 5.74) is 6.48. The van der Waals surface area contributed by atoms with E-state index in [4.69, 9.17) is 0 Å². The highest BCUT2D eigenvalue weighted by atomic mass is 16.3. The Labute approximate surface area is 147 Å². The Balaban J connectivity index is 2.05. The van der Waals surface area contributed by atoms with Crippen LogP contribution < -0.4 is 0 Å². The lowest BCUT2D eigenvalue weighted by molar-refractivity contribution is 0.477. The van der Waals surface area contributed by atoms with E-state index in [0.717, 1.165) is 27.8 Å². The van der Waals surface area contributed by atoms with Gasteiger partial charge >= 0.3 is 0 Å². The predicted octanol–water partition coefficient (Wildman–Crippen LogP) is 6.39. The molecule has 25 heavy (non-hydrogen) atoms. The molecule has 0 atom stereocenters. The fourth-order valence-electron chi connectivity index (χ4n) is 3.25. The largest absolute Gasteiger partial charge is 0.507 e. The number of benzene rings is 4. The van der Waals surface area contributed by atoms with E-state index in [-0.39, 0.29) is 0 Å². The molecule has 1 heteroatoms. The SMILES string of the molecule is Oc1ccccc1-c1cccc(-c2ccccc2)c1-c1ccccc1. The van der Waals surface area contributed by atoms with Crippen LogP contribution in [0.15, 0.2) is 103 Å². The van der Waals surface area contributed by atoms with Crippen molar-refractivity contribution >= 4 is 0 Å². The van der Waals surface area contributed by atoms with E-state index in [1.54, 1.807) is 6.07 Å². The molecular weight excluding hydrogens is 304 g/mol. The standard InChI is InChI=1S/C24H18O/c25-23-17-8-7-14-21(23)22-16-9-15-20(18-10-3-1-4-11-18)24(22)19-12-5-2-6-13-19/h1-17,25H. The smallest absolute Gasteiger partial charge is 0.123 e. The maximum atomic E-state index is 10.4. The minimum Gasteiger partial charge on any atom is -0.507 e. The van der Waals surface area contributed by atoms with Crippen molar-refractivity contribution in [2.75, 3.05) is 0 Å². The average molecular weight is 322 g/mol. The van der Waals surface area contributed by atoms with Crippen molar-refractivity contribution in [2.24, 2.45) is 0 Å². The summed E-state index contributed by atoms with van der Waals surface area (Å²) in [7, 11) is 0. The Kier molecular flexibility index (Phi) is 4.05. The summed E-state index contributed by atoms with van der Waals surface area (Å²) in [6, 6.07) is 34.5. The molecule has 120 valence electrons. The highest BCUT2D eigenvalue weighted by Crippen LogP contribution is 2.42. The Bertz CT molecular complexity index is 989. The summed E-state index contributed by atoms with van der Waals surface area (Å²) >= 11 is 0. The van der Waals surface area contributed by atoms with Gasteiger partial charge in [-0.25, -0.2) is 0 Å². The lowest BCUT2D eigenvalue weighted by Crippen LogP contribution is -1.90. The van der Waals surface area contributed by atoms with Gasteiger partial charge < -0.3 is 5.11 Å². The second-order valence-corrected chi connectivity index (χ2v) is 5.98. The van der Waals surface area contributed by atoms with Gasteiger partial charge in [-0.2, -0.15) is 0 Å². The highest BCUT2D eigenvalue weighted by molar-refractivity contribution is 5.95. The molecule has 0 aliphatic heterocycles. The van der Waals surface area contributed by atoms with Gasteiger partial charge in [0.2, 0.25) is 0 Å². The molecule has 4 aromatic carbocycles. The molecule has 0 saturated carbocycles. The summed E-state index contributed by atoms with van der Waals surface area (Å²) in [5.74, 6) is 0.296. The molecular formula is C24H18O. The molecule has 0 aliphatic carbocycles. The monoisotopic (exact) mass is 322 g/mol. The molecule has 0 spiro atoms. The zero-order chi connectivity index (χ0) is 17.1. The number of rotatable bonds is 3. The van der Waals surface area contributed by atoms with Crippen LogP contribution in [0.1, 0.15) is 0 Å². The second-order valence-electron chi connectivity index (χ2n) is 5.98. The van der Waals surface area contributed by atoms with Crippen LogP contribution in [0.2, 0.25) is 0 Å². The third kappa shape index (κ3) is 2.92. The summed E-state index contributed by atoms with van der Waals surface area (Å²) < 4.78 is 0. The first-order valence-corrected chi connectivity index (χ1v) is 8.37. The zero-order valence-corrected chi connectivity index (χ0v) is 13.8. The molecule has 0 bridgehead atoms. The van der Waals surface area contributed by atoms with E-state index >= 15 is 0 Å². The van der Waals surface area contributed by atoms with E-state index in [9.17, 15) is 5.11 Å². The van der Waals surface area contributed by atoms with Gasteiger partial charge in [0.05, 0.1) is 0 Å². The summed E-state index contributed by atoms with van der Waals surface area (Å²) in [4.78, 5) is 0. The molecule has 1 nitrogen and oxygen atoms in total. The van der Waals surface area contributed by atoms with Gasteiger partial charge in [-0.15, -0.1) is 0 Å². The Morgan fingerprint density at radius 3 is 1.60 bits per heavy atom. The second kappa shape index (κ2) is 6.66. The van der Waals surface area contributed by atoms with Crippen LogP contribution in [0.4, 0.5) is 0 Å². The van der Waals surface area contributed by atoms with Crippen molar-refractivity contribution in [3.8, 4) is 39.1 Å². The van der Waals surface area contributed by atoms with Gasteiger partial charge in [0.15, 0.2) is 0 Å². The molecule has 0 fully saturated rings. The Morgan fingerprint density at radius 1 is 0.400 bits per heavy atom. The van der Waals surface area contributed by atoms with Crippen LogP contribution in [-0.4, -0.2) is 5.11 Å². The van der Waals surface area contributed by atoms with Crippen LogP contribution in [0.5, 0.6) is 5.75 Å². The summed E-state index contributed by atoms with van der Waals surface area (Å²) in [6.07, 6.45) is 0. The molecule has 4 rings (SSSR count). The fourth-order valence-corrected chi connectivity index (χ4v) is 3.25. The maximum Gasteiger partial charge on any atom is 0.123 e. The average Bonchev–Trinajstić information content (AvgIpc) is 2.69. The highest BCUT2D eigenvalue weighted by Gasteiger charge is 2.15. The van der Waals surface area contributed by atoms with Crippen LogP contribution in [0.3, 0.4) is 0 Å². The minimum absolute atomic E-state index is 0.296. The van der Waals surface area contributed by atoms with E-state index in [2.05, 4.69) is 54.6 Å². The van der Waals surface area contributed by atoms with Gasteiger partial charge in [0.25, 0.3) is 0 Å². The van der Waals surface area contributed by atoms with Gasteiger partial charge in [0, 0.05) is 5.56 Å². The van der Waals surface area contributed by atoms with Gasteiger partial charge in [-0.1, -0.05) is 97.1 Å². The number of aromatic hydroxyl groups is 1. The number of hydrogen-bond donors (Lipinski definition) is 1. The summed E-state index contributed by atoms with van der Waals surface area (Å²) in [6.45, 7) is 0. The van der Waals surface area contributed by atoms with E-state index in [0.29, 0.717) is 5.75 Å². The van der Waals surface area contributed by atoms with Gasteiger partial charge in [-0.05, 0) is 33.9 Å². The molecule has 0 radical (unpaired) electrons. The van der Waals surface area contributed by atoms with Crippen molar-refractivity contribution in [1.29, 1.82) is 0 Å². The maximum absolute atomic E-state index is 10.4. The molecule has 0 aliphatic rings. The zero-order valence-electron chi connectivity index (χ0n) is 13.8. The minimum atomic E-state index is 0.296. The number of phenolic OH excluding ortho intramolecular Hbond substituents is 1. The molecule has 0 saturated heterocycles. The molecule has 0 unspecified atom stereocenters. The third-order valence-electron chi connectivity index (χ3n) is 4.41. The first-order chi connectivity index (χ1) is 12.3. The van der Waals surface area contributed by atoms with Crippen LogP contribution in [0, 0.1) is 0 Å². The number of para-hydroxylation sites is 1. The van der Waals surface area contributed by atoms with Gasteiger partial charge in [0.1, 0.15) is 5.75 Å². The van der Waals surface area contributed by atoms with Crippen molar-refractivity contribution in [1.82, 2.24) is 0 Å². The normalized spacial score (nSPS) is 10.6. The van der Waals surface area contributed by atoms with Crippen LogP contribution >= 0.6 is 0 Å². The van der Waals surface area contributed by atoms with E-state index < -0.39 is 0 Å². The molecule has 4 aromatic rings. The van der Waals surface area contributed by atoms with Crippen LogP contribution in [0.25, 0.3) is 33.4 Å². The summed E-state index contributed by atoms with van der Waals surface area (Å²) in [5, 5.41) is 10.4. The number of phenols is 1. The molecule has 0 heterocycles. The van der Waals surface area contributed by atoms with Gasteiger partial charge in [-0.3, -0.25) is 0 Å². The van der Waals surface area contributed by atoms with E-state index in [1.165, 1.54) is 5.56 Å². The fraction of sp³-hybridized carbons (Fsp3) is 0. The van der Waals surface area contributed by atoms with Crippen molar-refractivity contribution in [2.45, 2.75) is 0 Å². The van der Waals surface area contributed by atoms with Crippen LogP contribution in [-0.2, 0) is 0 Å². The first-order valence-electron chi connectivity index (χ1n) is 8.37. The molecule has 0 amide bonds. The molecule has 0 aromatic heterocycles. The lowest BCUT2D eigenvalue weighted by Gasteiger charge is -2.17. The topological polar surface area (TPSA) is 20.2 Å². The number of hydrogen-bond acceptors (Lipinski definition) is 1. The first kappa shape index (κ1) is 15.2.